The molecule has 0 unspecified atom stereocenters. The van der Waals surface area contributed by atoms with Crippen LogP contribution >= 0.6 is 22.7 Å². The van der Waals surface area contributed by atoms with Crippen molar-refractivity contribution in [2.24, 2.45) is 0 Å². The second-order valence-corrected chi connectivity index (χ2v) is 18.8. The highest BCUT2D eigenvalue weighted by atomic mass is 32.1. The van der Waals surface area contributed by atoms with Crippen molar-refractivity contribution >= 4 is 88.7 Å². The lowest BCUT2D eigenvalue weighted by Gasteiger charge is -2.20. The Morgan fingerprint density at radius 1 is 0.283 bits per heavy atom. The van der Waals surface area contributed by atoms with Crippen LogP contribution in [-0.2, 0) is 0 Å². The summed E-state index contributed by atoms with van der Waals surface area (Å²) < 4.78 is 0. The molecule has 0 saturated carbocycles. The summed E-state index contributed by atoms with van der Waals surface area (Å²) in [6, 6.07) is 64.0. The van der Waals surface area contributed by atoms with Gasteiger partial charge in [-0.15, -0.1) is 22.7 Å². The Morgan fingerprint density at radius 3 is 1.03 bits per heavy atom. The van der Waals surface area contributed by atoms with Gasteiger partial charge in [-0.05, 0) is 149 Å². The Hall–Kier alpha value is -6.58. The highest BCUT2D eigenvalue weighted by Gasteiger charge is 2.22. The van der Waals surface area contributed by atoms with Crippen LogP contribution in [-0.4, -0.2) is 0 Å². The Bertz CT molecular complexity index is 3630. The average molecular weight is 801 g/mol. The Kier molecular flexibility index (Phi) is 8.27. The van der Waals surface area contributed by atoms with Crippen LogP contribution in [0.25, 0.3) is 120 Å². The Morgan fingerprint density at radius 2 is 0.600 bits per heavy atom. The third-order valence-corrected chi connectivity index (χ3v) is 14.8. The molecule has 0 atom stereocenters. The first-order chi connectivity index (χ1) is 29.6. The van der Waals surface area contributed by atoms with Gasteiger partial charge in [-0.25, -0.2) is 0 Å². The molecule has 0 aliphatic heterocycles. The fourth-order valence-electron chi connectivity index (χ4n) is 10.2. The molecule has 2 heterocycles. The van der Waals surface area contributed by atoms with E-state index in [0.717, 1.165) is 12.8 Å². The number of rotatable bonds is 5. The minimum atomic E-state index is 1.05. The normalized spacial score (nSPS) is 12.6. The van der Waals surface area contributed by atoms with Gasteiger partial charge in [0.15, 0.2) is 0 Å². The number of thiophene rings is 2. The molecule has 0 spiro atoms. The van der Waals surface area contributed by atoms with Crippen molar-refractivity contribution in [1.82, 2.24) is 0 Å². The molecule has 12 rings (SSSR count). The molecule has 2 heteroatoms. The third-order valence-electron chi connectivity index (χ3n) is 12.7. The highest BCUT2D eigenvalue weighted by Crippen LogP contribution is 2.48. The van der Waals surface area contributed by atoms with E-state index in [4.69, 9.17) is 0 Å². The van der Waals surface area contributed by atoms with Crippen molar-refractivity contribution in [3.05, 3.63) is 190 Å². The zero-order valence-electron chi connectivity index (χ0n) is 33.6. The van der Waals surface area contributed by atoms with Gasteiger partial charge >= 0.3 is 0 Å². The minimum absolute atomic E-state index is 1.05. The lowest BCUT2D eigenvalue weighted by atomic mass is 9.83. The highest BCUT2D eigenvalue weighted by molar-refractivity contribution is 7.16. The smallest absolute Gasteiger partial charge is 0.0358 e. The van der Waals surface area contributed by atoms with Gasteiger partial charge in [-0.3, -0.25) is 0 Å². The van der Waals surface area contributed by atoms with Gasteiger partial charge in [0.05, 0.1) is 0 Å². The molecule has 0 radical (unpaired) electrons. The van der Waals surface area contributed by atoms with E-state index in [-0.39, 0.29) is 0 Å². The molecule has 11 aromatic rings. The maximum atomic E-state index is 2.50. The van der Waals surface area contributed by atoms with E-state index in [9.17, 15) is 0 Å². The molecular weight excluding hydrogens is 761 g/mol. The lowest BCUT2D eigenvalue weighted by Crippen LogP contribution is -2.31. The van der Waals surface area contributed by atoms with Crippen molar-refractivity contribution in [1.29, 1.82) is 0 Å². The Labute approximate surface area is 357 Å². The molecule has 0 N–H and O–H groups in total. The Balaban J connectivity index is 1.10. The minimum Gasteiger partial charge on any atom is -0.141 e. The van der Waals surface area contributed by atoms with E-state index in [1.165, 1.54) is 128 Å². The second-order valence-electron chi connectivity index (χ2n) is 16.2. The molecule has 0 amide bonds. The van der Waals surface area contributed by atoms with Crippen LogP contribution in [0.5, 0.6) is 0 Å². The van der Waals surface area contributed by atoms with Crippen LogP contribution in [0.3, 0.4) is 0 Å². The van der Waals surface area contributed by atoms with E-state index < -0.39 is 0 Å². The summed E-state index contributed by atoms with van der Waals surface area (Å²) in [7, 11) is 0. The first-order valence-electron chi connectivity index (χ1n) is 21.0. The number of hydrogen-bond acceptors (Lipinski definition) is 2. The summed E-state index contributed by atoms with van der Waals surface area (Å²) in [5.41, 5.74) is 10.4. The largest absolute Gasteiger partial charge is 0.141 e. The summed E-state index contributed by atoms with van der Waals surface area (Å²) in [5, 5.41) is 15.6. The molecule has 0 bridgehead atoms. The molecule has 0 nitrogen and oxygen atoms in total. The van der Waals surface area contributed by atoms with Gasteiger partial charge in [0.2, 0.25) is 0 Å². The van der Waals surface area contributed by atoms with Crippen LogP contribution in [0.2, 0.25) is 0 Å². The van der Waals surface area contributed by atoms with Crippen molar-refractivity contribution in [3.8, 4) is 54.3 Å². The van der Waals surface area contributed by atoms with Gasteiger partial charge in [0, 0.05) is 30.6 Å². The number of fused-ring (bicyclic) bond motifs is 6. The first kappa shape index (κ1) is 35.4. The van der Waals surface area contributed by atoms with Gasteiger partial charge in [0.1, 0.15) is 0 Å². The predicted molar refractivity (Wildman–Crippen MR) is 264 cm³/mol. The SMILES string of the molecule is Cc1ccc(-c2c3c(c(-c4ccc(-c5ccc(-c6c7ccccc7c(-c7ccc(C)s7)c7ccccc67)c6ccccc56)c5ccccc45)c4ccccc24)=CCCC=3)s1. The summed E-state index contributed by atoms with van der Waals surface area (Å²) in [4.78, 5) is 5.34. The average Bonchev–Trinajstić information content (AvgIpc) is 3.94. The quantitative estimate of drug-likeness (QED) is 0.152. The molecule has 1 aliphatic carbocycles. The van der Waals surface area contributed by atoms with Crippen molar-refractivity contribution in [2.75, 3.05) is 0 Å². The van der Waals surface area contributed by atoms with Crippen LogP contribution in [0, 0.1) is 13.8 Å². The van der Waals surface area contributed by atoms with Gasteiger partial charge in [0.25, 0.3) is 0 Å². The maximum Gasteiger partial charge on any atom is 0.0358 e. The first-order valence-corrected chi connectivity index (χ1v) is 22.6. The zero-order valence-corrected chi connectivity index (χ0v) is 35.2. The van der Waals surface area contributed by atoms with Gasteiger partial charge < -0.3 is 0 Å². The van der Waals surface area contributed by atoms with Crippen molar-refractivity contribution in [2.45, 2.75) is 26.7 Å². The number of benzene rings is 9. The fraction of sp³-hybridized carbons (Fsp3) is 0.0690. The summed E-state index contributed by atoms with van der Waals surface area (Å²) in [6.45, 7) is 4.42. The summed E-state index contributed by atoms with van der Waals surface area (Å²) in [5.74, 6) is 0. The lowest BCUT2D eigenvalue weighted by molar-refractivity contribution is 1.12. The molecule has 284 valence electrons. The predicted octanol–water partition coefficient (Wildman–Crippen LogP) is 15.9. The monoisotopic (exact) mass is 800 g/mol. The van der Waals surface area contributed by atoms with Crippen molar-refractivity contribution in [3.63, 3.8) is 0 Å². The number of aryl methyl sites for hydroxylation is 2. The molecule has 1 aliphatic rings. The second kappa shape index (κ2) is 14.0. The zero-order chi connectivity index (χ0) is 39.9. The molecule has 60 heavy (non-hydrogen) atoms. The third kappa shape index (κ3) is 5.41. The van der Waals surface area contributed by atoms with Gasteiger partial charge in [-0.1, -0.05) is 158 Å². The van der Waals surface area contributed by atoms with E-state index >= 15 is 0 Å². The van der Waals surface area contributed by atoms with E-state index in [0.29, 0.717) is 0 Å². The van der Waals surface area contributed by atoms with Crippen molar-refractivity contribution < 1.29 is 0 Å². The van der Waals surface area contributed by atoms with Crippen LogP contribution in [0.15, 0.2) is 170 Å². The summed E-state index contributed by atoms with van der Waals surface area (Å²) in [6.07, 6.45) is 7.10. The van der Waals surface area contributed by atoms with Crippen LogP contribution in [0.1, 0.15) is 22.6 Å². The van der Waals surface area contributed by atoms with E-state index in [1.54, 1.807) is 0 Å². The maximum absolute atomic E-state index is 2.50. The molecular formula is C58H40S2. The molecule has 9 aromatic carbocycles. The fourth-order valence-corrected chi connectivity index (χ4v) is 12.1. The standard InChI is InChI=1S/C58H40S2/c1-35-27-33-53(59-35)57-47-23-11-7-19-43(47)55(44-20-8-12-24-48(44)57)51-31-29-41(37-15-3-5-17-39(37)51)42-30-32-52(40-18-6-4-16-38(40)42)56-45-21-9-13-25-49(45)58(54-34-28-36(2)60-54)50-26-14-10-22-46(50)56/h3-9,11-13,15-34H,10,14H2,1-2H3. The summed E-state index contributed by atoms with van der Waals surface area (Å²) >= 11 is 3.78. The van der Waals surface area contributed by atoms with Crippen LogP contribution in [0.4, 0.5) is 0 Å². The van der Waals surface area contributed by atoms with Gasteiger partial charge in [-0.2, -0.15) is 0 Å². The molecule has 0 fully saturated rings. The molecule has 2 aromatic heterocycles. The number of hydrogen-bond donors (Lipinski definition) is 0. The van der Waals surface area contributed by atoms with Crippen LogP contribution < -0.4 is 10.4 Å². The topological polar surface area (TPSA) is 0 Å². The van der Waals surface area contributed by atoms with E-state index in [2.05, 4.69) is 196 Å². The molecule has 0 saturated heterocycles. The van der Waals surface area contributed by atoms with E-state index in [1.807, 2.05) is 22.7 Å².